The first-order valence-electron chi connectivity index (χ1n) is 4.56. The third-order valence-corrected chi connectivity index (χ3v) is 3.15. The molecule has 1 rings (SSSR count). The van der Waals surface area contributed by atoms with Crippen LogP contribution in [-0.4, -0.2) is 21.6 Å². The van der Waals surface area contributed by atoms with E-state index in [9.17, 15) is 10.2 Å². The lowest BCUT2D eigenvalue weighted by atomic mass is 9.97. The van der Waals surface area contributed by atoms with Crippen molar-refractivity contribution in [3.8, 4) is 0 Å². The molecular formula is C11H15BrO2. The van der Waals surface area contributed by atoms with E-state index in [-0.39, 0.29) is 0 Å². The van der Waals surface area contributed by atoms with E-state index >= 15 is 0 Å². The largest absolute Gasteiger partial charge is 0.389 e. The van der Waals surface area contributed by atoms with E-state index < -0.39 is 12.2 Å². The van der Waals surface area contributed by atoms with Crippen molar-refractivity contribution in [2.75, 3.05) is 5.33 Å². The van der Waals surface area contributed by atoms with Gasteiger partial charge in [-0.25, -0.2) is 0 Å². The highest BCUT2D eigenvalue weighted by Gasteiger charge is 2.18. The van der Waals surface area contributed by atoms with E-state index in [4.69, 9.17) is 0 Å². The van der Waals surface area contributed by atoms with Gasteiger partial charge in [0.2, 0.25) is 0 Å². The summed E-state index contributed by atoms with van der Waals surface area (Å²) < 4.78 is 0. The number of aliphatic hydroxyl groups is 2. The molecule has 1 aromatic carbocycles. The topological polar surface area (TPSA) is 40.5 Å². The SMILES string of the molecule is Cc1cccc(C(O)C(O)CBr)c1C. The van der Waals surface area contributed by atoms with E-state index in [2.05, 4.69) is 15.9 Å². The van der Waals surface area contributed by atoms with Crippen LogP contribution in [-0.2, 0) is 0 Å². The Bertz CT molecular complexity index is 312. The van der Waals surface area contributed by atoms with Crippen LogP contribution in [0.25, 0.3) is 0 Å². The van der Waals surface area contributed by atoms with Crippen LogP contribution in [0, 0.1) is 13.8 Å². The number of rotatable bonds is 3. The molecule has 14 heavy (non-hydrogen) atoms. The molecule has 2 N–H and O–H groups in total. The molecule has 0 aliphatic rings. The van der Waals surface area contributed by atoms with Gasteiger partial charge in [0.1, 0.15) is 6.10 Å². The fourth-order valence-corrected chi connectivity index (χ4v) is 1.74. The number of benzene rings is 1. The first-order chi connectivity index (χ1) is 6.57. The average molecular weight is 259 g/mol. The van der Waals surface area contributed by atoms with Gasteiger partial charge in [-0.05, 0) is 30.5 Å². The smallest absolute Gasteiger partial charge is 0.106 e. The average Bonchev–Trinajstić information content (AvgIpc) is 2.20. The first kappa shape index (κ1) is 11.7. The van der Waals surface area contributed by atoms with Gasteiger partial charge < -0.3 is 10.2 Å². The van der Waals surface area contributed by atoms with Crippen LogP contribution in [0.1, 0.15) is 22.8 Å². The second-order valence-corrected chi connectivity index (χ2v) is 4.10. The fraction of sp³-hybridized carbons (Fsp3) is 0.455. The van der Waals surface area contributed by atoms with Crippen LogP contribution < -0.4 is 0 Å². The lowest BCUT2D eigenvalue weighted by Crippen LogP contribution is -2.20. The lowest BCUT2D eigenvalue weighted by molar-refractivity contribution is 0.0338. The van der Waals surface area contributed by atoms with Gasteiger partial charge >= 0.3 is 0 Å². The summed E-state index contributed by atoms with van der Waals surface area (Å²) in [5.74, 6) is 0. The van der Waals surface area contributed by atoms with Crippen LogP contribution in [0.5, 0.6) is 0 Å². The van der Waals surface area contributed by atoms with E-state index in [1.165, 1.54) is 0 Å². The molecule has 78 valence electrons. The van der Waals surface area contributed by atoms with Crippen LogP contribution in [0.15, 0.2) is 18.2 Å². The minimum atomic E-state index is -0.811. The number of alkyl halides is 1. The maximum Gasteiger partial charge on any atom is 0.106 e. The van der Waals surface area contributed by atoms with Gasteiger partial charge in [0.25, 0.3) is 0 Å². The van der Waals surface area contributed by atoms with Crippen molar-refractivity contribution in [1.82, 2.24) is 0 Å². The summed E-state index contributed by atoms with van der Waals surface area (Å²) in [4.78, 5) is 0. The van der Waals surface area contributed by atoms with E-state index in [0.29, 0.717) is 5.33 Å². The van der Waals surface area contributed by atoms with Crippen LogP contribution in [0.2, 0.25) is 0 Å². The minimum Gasteiger partial charge on any atom is -0.389 e. The van der Waals surface area contributed by atoms with E-state index in [0.717, 1.165) is 16.7 Å². The first-order valence-corrected chi connectivity index (χ1v) is 5.68. The van der Waals surface area contributed by atoms with Gasteiger partial charge in [0.05, 0.1) is 6.10 Å². The molecule has 2 unspecified atom stereocenters. The lowest BCUT2D eigenvalue weighted by Gasteiger charge is -2.18. The molecule has 0 bridgehead atoms. The Balaban J connectivity index is 3.01. The van der Waals surface area contributed by atoms with Crippen molar-refractivity contribution in [1.29, 1.82) is 0 Å². The maximum atomic E-state index is 9.81. The number of aryl methyl sites for hydroxylation is 1. The second-order valence-electron chi connectivity index (χ2n) is 3.46. The summed E-state index contributed by atoms with van der Waals surface area (Å²) >= 11 is 3.15. The van der Waals surface area contributed by atoms with Crippen molar-refractivity contribution in [3.63, 3.8) is 0 Å². The molecule has 0 aliphatic carbocycles. The zero-order valence-corrected chi connectivity index (χ0v) is 9.95. The molecule has 0 spiro atoms. The Labute approximate surface area is 92.7 Å². The molecular weight excluding hydrogens is 244 g/mol. The molecule has 2 atom stereocenters. The van der Waals surface area contributed by atoms with Gasteiger partial charge in [-0.15, -0.1) is 0 Å². The molecule has 0 aliphatic heterocycles. The molecule has 0 saturated carbocycles. The molecule has 0 fully saturated rings. The zero-order valence-electron chi connectivity index (χ0n) is 8.37. The molecule has 2 nitrogen and oxygen atoms in total. The van der Waals surface area contributed by atoms with Gasteiger partial charge in [-0.2, -0.15) is 0 Å². The predicted octanol–water partition coefficient (Wildman–Crippen LogP) is 2.09. The summed E-state index contributed by atoms with van der Waals surface area (Å²) in [5.41, 5.74) is 2.97. The quantitative estimate of drug-likeness (QED) is 0.816. The van der Waals surface area contributed by atoms with Gasteiger partial charge in [0.15, 0.2) is 0 Å². The fourth-order valence-electron chi connectivity index (χ4n) is 1.39. The number of aliphatic hydroxyl groups excluding tert-OH is 2. The van der Waals surface area contributed by atoms with E-state index in [1.807, 2.05) is 32.0 Å². The normalized spacial score (nSPS) is 15.2. The van der Waals surface area contributed by atoms with Crippen molar-refractivity contribution in [3.05, 3.63) is 34.9 Å². The Hall–Kier alpha value is -0.380. The summed E-state index contributed by atoms with van der Waals surface area (Å²) in [7, 11) is 0. The van der Waals surface area contributed by atoms with Crippen molar-refractivity contribution >= 4 is 15.9 Å². The third kappa shape index (κ3) is 2.35. The Morgan fingerprint density at radius 2 is 1.93 bits per heavy atom. The summed E-state index contributed by atoms with van der Waals surface area (Å²) in [6.45, 7) is 3.95. The zero-order chi connectivity index (χ0) is 10.7. The summed E-state index contributed by atoms with van der Waals surface area (Å²) in [6, 6.07) is 5.73. The van der Waals surface area contributed by atoms with Crippen LogP contribution >= 0.6 is 15.9 Å². The molecule has 0 aromatic heterocycles. The number of hydrogen-bond donors (Lipinski definition) is 2. The van der Waals surface area contributed by atoms with Crippen LogP contribution in [0.4, 0.5) is 0 Å². The highest BCUT2D eigenvalue weighted by molar-refractivity contribution is 9.09. The Morgan fingerprint density at radius 3 is 2.50 bits per heavy atom. The highest BCUT2D eigenvalue weighted by Crippen LogP contribution is 2.23. The van der Waals surface area contributed by atoms with Gasteiger partial charge in [-0.3, -0.25) is 0 Å². The van der Waals surface area contributed by atoms with Crippen molar-refractivity contribution in [2.24, 2.45) is 0 Å². The third-order valence-electron chi connectivity index (χ3n) is 2.49. The van der Waals surface area contributed by atoms with E-state index in [1.54, 1.807) is 0 Å². The van der Waals surface area contributed by atoms with Gasteiger partial charge in [0, 0.05) is 5.33 Å². The Morgan fingerprint density at radius 1 is 1.29 bits per heavy atom. The minimum absolute atomic E-state index is 0.377. The van der Waals surface area contributed by atoms with Crippen molar-refractivity contribution in [2.45, 2.75) is 26.1 Å². The van der Waals surface area contributed by atoms with Crippen LogP contribution in [0.3, 0.4) is 0 Å². The summed E-state index contributed by atoms with van der Waals surface area (Å²) in [6.07, 6.45) is -1.57. The molecule has 0 radical (unpaired) electrons. The standard InChI is InChI=1S/C11H15BrO2/c1-7-4-3-5-9(8(7)2)11(14)10(13)6-12/h3-5,10-11,13-14H,6H2,1-2H3. The maximum absolute atomic E-state index is 9.81. The van der Waals surface area contributed by atoms with Crippen molar-refractivity contribution < 1.29 is 10.2 Å². The monoisotopic (exact) mass is 258 g/mol. The molecule has 0 saturated heterocycles. The molecule has 0 amide bonds. The number of hydrogen-bond acceptors (Lipinski definition) is 2. The van der Waals surface area contributed by atoms with Gasteiger partial charge in [-0.1, -0.05) is 34.1 Å². The molecule has 1 aromatic rings. The second kappa shape index (κ2) is 4.91. The highest BCUT2D eigenvalue weighted by atomic mass is 79.9. The predicted molar refractivity (Wildman–Crippen MR) is 60.7 cm³/mol. The summed E-state index contributed by atoms with van der Waals surface area (Å²) in [5, 5.41) is 19.7. The number of halogens is 1. The Kier molecular flexibility index (Phi) is 4.11. The molecule has 0 heterocycles. The molecule has 3 heteroatoms.